The number of para-hydroxylation sites is 1. The molecular formula is C19H17ClN4O. The van der Waals surface area contributed by atoms with E-state index in [1.165, 1.54) is 12.4 Å². The molecule has 0 aliphatic heterocycles. The summed E-state index contributed by atoms with van der Waals surface area (Å²) in [6.45, 7) is 2.48. The molecular weight excluding hydrogens is 336 g/mol. The lowest BCUT2D eigenvalue weighted by Gasteiger charge is -2.08. The van der Waals surface area contributed by atoms with E-state index in [2.05, 4.69) is 20.6 Å². The zero-order valence-electron chi connectivity index (χ0n) is 13.7. The molecule has 0 bridgehead atoms. The normalized spacial score (nSPS) is 10.3. The number of hydrogen-bond donors (Lipinski definition) is 2. The Morgan fingerprint density at radius 2 is 1.84 bits per heavy atom. The van der Waals surface area contributed by atoms with E-state index in [1.54, 1.807) is 6.07 Å². The molecule has 6 heteroatoms. The van der Waals surface area contributed by atoms with Crippen LogP contribution in [0.4, 0.5) is 11.6 Å². The number of halogens is 1. The van der Waals surface area contributed by atoms with E-state index in [0.29, 0.717) is 28.8 Å². The first kappa shape index (κ1) is 16.9. The van der Waals surface area contributed by atoms with Gasteiger partial charge in [0.1, 0.15) is 0 Å². The van der Waals surface area contributed by atoms with Crippen molar-refractivity contribution in [3.05, 3.63) is 82.6 Å². The minimum atomic E-state index is -0.217. The second kappa shape index (κ2) is 7.77. The van der Waals surface area contributed by atoms with Crippen LogP contribution in [0.15, 0.2) is 60.9 Å². The molecule has 1 aromatic heterocycles. The summed E-state index contributed by atoms with van der Waals surface area (Å²) in [5.74, 6) is 0.161. The minimum Gasteiger partial charge on any atom is -0.348 e. The van der Waals surface area contributed by atoms with Crippen molar-refractivity contribution in [1.82, 2.24) is 15.3 Å². The number of aromatic nitrogens is 2. The van der Waals surface area contributed by atoms with Crippen LogP contribution in [0.5, 0.6) is 0 Å². The fraction of sp³-hybridized carbons (Fsp3) is 0.105. The second-order valence-corrected chi connectivity index (χ2v) is 5.98. The van der Waals surface area contributed by atoms with Gasteiger partial charge in [0.05, 0.1) is 16.3 Å². The minimum absolute atomic E-state index is 0.217. The molecule has 2 aromatic carbocycles. The van der Waals surface area contributed by atoms with Crippen LogP contribution < -0.4 is 10.6 Å². The Morgan fingerprint density at radius 3 is 2.56 bits per heavy atom. The topological polar surface area (TPSA) is 66.9 Å². The number of nitrogens with one attached hydrogen (secondary N) is 2. The predicted molar refractivity (Wildman–Crippen MR) is 99.1 cm³/mol. The van der Waals surface area contributed by atoms with Crippen LogP contribution >= 0.6 is 11.6 Å². The number of rotatable bonds is 5. The van der Waals surface area contributed by atoms with Crippen LogP contribution in [-0.2, 0) is 6.54 Å². The summed E-state index contributed by atoms with van der Waals surface area (Å²) in [6, 6.07) is 15.3. The molecule has 0 aliphatic carbocycles. The fourth-order valence-corrected chi connectivity index (χ4v) is 2.48. The average molecular weight is 353 g/mol. The van der Waals surface area contributed by atoms with Crippen LogP contribution in [0.2, 0.25) is 5.02 Å². The van der Waals surface area contributed by atoms with Gasteiger partial charge in [-0.25, -0.2) is 9.97 Å². The number of benzene rings is 2. The van der Waals surface area contributed by atoms with E-state index >= 15 is 0 Å². The Hall–Kier alpha value is -2.92. The molecule has 0 atom stereocenters. The van der Waals surface area contributed by atoms with Crippen molar-refractivity contribution in [1.29, 1.82) is 0 Å². The molecule has 126 valence electrons. The van der Waals surface area contributed by atoms with Gasteiger partial charge in [-0.1, -0.05) is 53.6 Å². The SMILES string of the molecule is Cc1cccc(CNC(=O)c2cnc(Nc3ccccc3Cl)nc2)c1. The van der Waals surface area contributed by atoms with Gasteiger partial charge in [-0.15, -0.1) is 0 Å². The van der Waals surface area contributed by atoms with Crippen molar-refractivity contribution in [2.75, 3.05) is 5.32 Å². The number of anilines is 2. The van der Waals surface area contributed by atoms with Gasteiger partial charge in [0, 0.05) is 18.9 Å². The molecule has 0 unspecified atom stereocenters. The Balaban J connectivity index is 1.61. The van der Waals surface area contributed by atoms with Gasteiger partial charge < -0.3 is 10.6 Å². The first-order valence-corrected chi connectivity index (χ1v) is 8.17. The number of aryl methyl sites for hydroxylation is 1. The largest absolute Gasteiger partial charge is 0.348 e. The smallest absolute Gasteiger partial charge is 0.254 e. The van der Waals surface area contributed by atoms with Crippen LogP contribution in [-0.4, -0.2) is 15.9 Å². The lowest BCUT2D eigenvalue weighted by molar-refractivity contribution is 0.0950. The van der Waals surface area contributed by atoms with Gasteiger partial charge in [-0.3, -0.25) is 4.79 Å². The number of carbonyl (C=O) groups is 1. The van der Waals surface area contributed by atoms with Crippen molar-refractivity contribution >= 4 is 29.1 Å². The highest BCUT2D eigenvalue weighted by atomic mass is 35.5. The molecule has 1 amide bonds. The molecule has 2 N–H and O–H groups in total. The molecule has 0 saturated heterocycles. The summed E-state index contributed by atoms with van der Waals surface area (Å²) in [5, 5.41) is 6.45. The summed E-state index contributed by atoms with van der Waals surface area (Å²) in [6.07, 6.45) is 2.97. The first-order chi connectivity index (χ1) is 12.1. The third-order valence-corrected chi connectivity index (χ3v) is 3.90. The Kier molecular flexibility index (Phi) is 5.26. The summed E-state index contributed by atoms with van der Waals surface area (Å²) >= 11 is 6.08. The van der Waals surface area contributed by atoms with E-state index in [0.717, 1.165) is 11.1 Å². The molecule has 0 spiro atoms. The Labute approximate surface area is 151 Å². The molecule has 5 nitrogen and oxygen atoms in total. The third-order valence-electron chi connectivity index (χ3n) is 3.57. The number of hydrogen-bond acceptors (Lipinski definition) is 4. The van der Waals surface area contributed by atoms with E-state index < -0.39 is 0 Å². The summed E-state index contributed by atoms with van der Waals surface area (Å²) < 4.78 is 0. The van der Waals surface area contributed by atoms with Crippen LogP contribution in [0.1, 0.15) is 21.5 Å². The monoisotopic (exact) mass is 352 g/mol. The van der Waals surface area contributed by atoms with Gasteiger partial charge in [0.25, 0.3) is 5.91 Å². The summed E-state index contributed by atoms with van der Waals surface area (Å²) in [7, 11) is 0. The standard InChI is InChI=1S/C19H17ClN4O/c1-13-5-4-6-14(9-13)10-21-18(25)15-11-22-19(23-12-15)24-17-8-3-2-7-16(17)20/h2-9,11-12H,10H2,1H3,(H,21,25)(H,22,23,24). The molecule has 0 fully saturated rings. The lowest BCUT2D eigenvalue weighted by atomic mass is 10.1. The average Bonchev–Trinajstić information content (AvgIpc) is 2.62. The van der Waals surface area contributed by atoms with Gasteiger partial charge in [0.15, 0.2) is 0 Å². The third kappa shape index (κ3) is 4.55. The van der Waals surface area contributed by atoms with E-state index in [-0.39, 0.29) is 5.91 Å². The first-order valence-electron chi connectivity index (χ1n) is 7.79. The van der Waals surface area contributed by atoms with Gasteiger partial charge >= 0.3 is 0 Å². The van der Waals surface area contributed by atoms with Gasteiger partial charge in [0.2, 0.25) is 5.95 Å². The van der Waals surface area contributed by atoms with E-state index in [4.69, 9.17) is 11.6 Å². The maximum absolute atomic E-state index is 12.2. The van der Waals surface area contributed by atoms with Gasteiger partial charge in [-0.2, -0.15) is 0 Å². The second-order valence-electron chi connectivity index (χ2n) is 5.57. The van der Waals surface area contributed by atoms with Crippen molar-refractivity contribution in [2.24, 2.45) is 0 Å². The molecule has 0 radical (unpaired) electrons. The van der Waals surface area contributed by atoms with Crippen LogP contribution in [0.3, 0.4) is 0 Å². The van der Waals surface area contributed by atoms with E-state index in [1.807, 2.05) is 49.4 Å². The molecule has 1 heterocycles. The number of nitrogens with zero attached hydrogens (tertiary/aromatic N) is 2. The highest BCUT2D eigenvalue weighted by Crippen LogP contribution is 2.22. The van der Waals surface area contributed by atoms with E-state index in [9.17, 15) is 4.79 Å². The number of carbonyl (C=O) groups excluding carboxylic acids is 1. The van der Waals surface area contributed by atoms with Gasteiger partial charge in [-0.05, 0) is 24.6 Å². The zero-order chi connectivity index (χ0) is 17.6. The van der Waals surface area contributed by atoms with Crippen molar-refractivity contribution in [2.45, 2.75) is 13.5 Å². The van der Waals surface area contributed by atoms with Crippen LogP contribution in [0.25, 0.3) is 0 Å². The van der Waals surface area contributed by atoms with Crippen molar-refractivity contribution in [3.63, 3.8) is 0 Å². The van der Waals surface area contributed by atoms with Crippen LogP contribution in [0, 0.1) is 6.92 Å². The van der Waals surface area contributed by atoms with Crippen molar-refractivity contribution < 1.29 is 4.79 Å². The Morgan fingerprint density at radius 1 is 1.08 bits per heavy atom. The fourth-order valence-electron chi connectivity index (χ4n) is 2.30. The number of amides is 1. The Bertz CT molecular complexity index is 881. The highest BCUT2D eigenvalue weighted by Gasteiger charge is 2.08. The molecule has 0 saturated carbocycles. The molecule has 3 aromatic rings. The maximum Gasteiger partial charge on any atom is 0.254 e. The lowest BCUT2D eigenvalue weighted by Crippen LogP contribution is -2.23. The quantitative estimate of drug-likeness (QED) is 0.725. The molecule has 3 rings (SSSR count). The molecule has 25 heavy (non-hydrogen) atoms. The molecule has 0 aliphatic rings. The predicted octanol–water partition coefficient (Wildman–Crippen LogP) is 4.11. The summed E-state index contributed by atoms with van der Waals surface area (Å²) in [5.41, 5.74) is 3.31. The maximum atomic E-state index is 12.2. The summed E-state index contributed by atoms with van der Waals surface area (Å²) in [4.78, 5) is 20.5. The highest BCUT2D eigenvalue weighted by molar-refractivity contribution is 6.33. The van der Waals surface area contributed by atoms with Crippen molar-refractivity contribution in [3.8, 4) is 0 Å². The zero-order valence-corrected chi connectivity index (χ0v) is 14.4.